The predicted octanol–water partition coefficient (Wildman–Crippen LogP) is 3.14. The summed E-state index contributed by atoms with van der Waals surface area (Å²) in [7, 11) is 0. The summed E-state index contributed by atoms with van der Waals surface area (Å²) in [6.45, 7) is 1.89. The van der Waals surface area contributed by atoms with Crippen LogP contribution < -0.4 is 5.32 Å². The van der Waals surface area contributed by atoms with Crippen molar-refractivity contribution in [1.82, 2.24) is 0 Å². The lowest BCUT2D eigenvalue weighted by Crippen LogP contribution is -2.23. The molecule has 2 aromatic rings. The van der Waals surface area contributed by atoms with E-state index in [9.17, 15) is 9.59 Å². The van der Waals surface area contributed by atoms with Gasteiger partial charge in [-0.05, 0) is 36.1 Å². The lowest BCUT2D eigenvalue weighted by molar-refractivity contribution is -0.131. The summed E-state index contributed by atoms with van der Waals surface area (Å²) in [6, 6.07) is 15.1. The first-order valence-corrected chi connectivity index (χ1v) is 6.86. The fourth-order valence-corrected chi connectivity index (χ4v) is 2.51. The van der Waals surface area contributed by atoms with Crippen molar-refractivity contribution in [3.8, 4) is 0 Å². The second-order valence-electron chi connectivity index (χ2n) is 5.08. The van der Waals surface area contributed by atoms with E-state index in [-0.39, 0.29) is 0 Å². The Kier molecular flexibility index (Phi) is 3.40. The largest absolute Gasteiger partial charge is 0.319 e. The molecule has 0 saturated heterocycles. The minimum absolute atomic E-state index is 0.483. The lowest BCUT2D eigenvalue weighted by atomic mass is 10.0. The van der Waals surface area contributed by atoms with Gasteiger partial charge in [-0.1, -0.05) is 48.5 Å². The molecule has 2 aromatic carbocycles. The number of aryl methyl sites for hydroxylation is 1. The van der Waals surface area contributed by atoms with Crippen LogP contribution in [0.4, 0.5) is 5.69 Å². The van der Waals surface area contributed by atoms with E-state index in [1.165, 1.54) is 0 Å². The van der Waals surface area contributed by atoms with Gasteiger partial charge in [0.05, 0.1) is 0 Å². The number of hydrogen-bond acceptors (Lipinski definition) is 2. The van der Waals surface area contributed by atoms with Crippen molar-refractivity contribution >= 4 is 23.0 Å². The van der Waals surface area contributed by atoms with E-state index in [1.807, 2.05) is 55.5 Å². The average molecular weight is 277 g/mol. The van der Waals surface area contributed by atoms with Crippen molar-refractivity contribution in [2.45, 2.75) is 13.3 Å². The number of hydrogen-bond donors (Lipinski definition) is 1. The maximum Gasteiger partial charge on any atom is 0.296 e. The number of para-hydroxylation sites is 1. The van der Waals surface area contributed by atoms with Crippen LogP contribution in [0.25, 0.3) is 5.57 Å². The Hall–Kier alpha value is -2.68. The molecule has 0 unspecified atom stereocenters. The summed E-state index contributed by atoms with van der Waals surface area (Å²) in [5.41, 5.74) is 4.05. The van der Waals surface area contributed by atoms with Crippen LogP contribution in [0.15, 0.2) is 54.6 Å². The number of anilines is 1. The van der Waals surface area contributed by atoms with E-state index in [4.69, 9.17) is 0 Å². The summed E-state index contributed by atoms with van der Waals surface area (Å²) in [6.07, 6.45) is 2.53. The molecular weight excluding hydrogens is 262 g/mol. The molecule has 3 nitrogen and oxygen atoms in total. The Balaban J connectivity index is 1.81. The third-order valence-corrected chi connectivity index (χ3v) is 3.68. The van der Waals surface area contributed by atoms with Gasteiger partial charge in [0.2, 0.25) is 0 Å². The normalized spacial score (nSPS) is 12.5. The predicted molar refractivity (Wildman–Crippen MR) is 82.9 cm³/mol. The van der Waals surface area contributed by atoms with Gasteiger partial charge in [0.15, 0.2) is 0 Å². The van der Waals surface area contributed by atoms with Crippen LogP contribution in [0.1, 0.15) is 16.7 Å². The van der Waals surface area contributed by atoms with Gasteiger partial charge in [-0.3, -0.25) is 9.59 Å². The third kappa shape index (κ3) is 2.50. The number of fused-ring (bicyclic) bond motifs is 1. The molecule has 0 spiro atoms. The highest BCUT2D eigenvalue weighted by atomic mass is 16.2. The fourth-order valence-electron chi connectivity index (χ4n) is 2.51. The molecule has 0 radical (unpaired) electrons. The summed E-state index contributed by atoms with van der Waals surface area (Å²) >= 11 is 0. The minimum atomic E-state index is -0.591. The molecular formula is C18H15NO2. The van der Waals surface area contributed by atoms with Crippen molar-refractivity contribution in [2.75, 3.05) is 5.32 Å². The fraction of sp³-hybridized carbons (Fsp3) is 0.111. The SMILES string of the molecule is Cc1ccccc1NC(=O)C(=O)C1=CCc2ccccc21. The number of rotatable bonds is 3. The Morgan fingerprint density at radius 2 is 1.71 bits per heavy atom. The highest BCUT2D eigenvalue weighted by molar-refractivity contribution is 6.56. The maximum absolute atomic E-state index is 12.3. The average Bonchev–Trinajstić information content (AvgIpc) is 2.92. The number of amides is 1. The maximum atomic E-state index is 12.3. The molecule has 0 heterocycles. The Bertz CT molecular complexity index is 759. The van der Waals surface area contributed by atoms with Gasteiger partial charge in [0.25, 0.3) is 11.7 Å². The first-order valence-electron chi connectivity index (χ1n) is 6.86. The Labute approximate surface area is 123 Å². The zero-order chi connectivity index (χ0) is 14.8. The first kappa shape index (κ1) is 13.3. The molecule has 0 saturated carbocycles. The smallest absolute Gasteiger partial charge is 0.296 e. The van der Waals surface area contributed by atoms with Crippen LogP contribution in [0.3, 0.4) is 0 Å². The molecule has 0 atom stereocenters. The van der Waals surface area contributed by atoms with Crippen molar-refractivity contribution in [3.05, 3.63) is 71.3 Å². The van der Waals surface area contributed by atoms with Gasteiger partial charge in [-0.25, -0.2) is 0 Å². The topological polar surface area (TPSA) is 46.2 Å². The summed E-state index contributed by atoms with van der Waals surface area (Å²) in [5.74, 6) is -1.07. The van der Waals surface area contributed by atoms with Crippen LogP contribution in [-0.2, 0) is 16.0 Å². The Morgan fingerprint density at radius 3 is 2.52 bits per heavy atom. The Morgan fingerprint density at radius 1 is 1.00 bits per heavy atom. The van der Waals surface area contributed by atoms with Gasteiger partial charge in [-0.2, -0.15) is 0 Å². The van der Waals surface area contributed by atoms with Gasteiger partial charge in [0, 0.05) is 11.3 Å². The summed E-state index contributed by atoms with van der Waals surface area (Å²) in [5, 5.41) is 2.69. The number of carbonyl (C=O) groups is 2. The van der Waals surface area contributed by atoms with Gasteiger partial charge >= 0.3 is 0 Å². The molecule has 3 rings (SSSR count). The number of carbonyl (C=O) groups excluding carboxylic acids is 2. The van der Waals surface area contributed by atoms with Crippen LogP contribution in [-0.4, -0.2) is 11.7 Å². The molecule has 1 N–H and O–H groups in total. The second kappa shape index (κ2) is 5.37. The van der Waals surface area contributed by atoms with Gasteiger partial charge in [0.1, 0.15) is 0 Å². The van der Waals surface area contributed by atoms with Crippen molar-refractivity contribution in [1.29, 1.82) is 0 Å². The zero-order valence-electron chi connectivity index (χ0n) is 11.7. The van der Waals surface area contributed by atoms with Crippen molar-refractivity contribution in [2.24, 2.45) is 0 Å². The molecule has 21 heavy (non-hydrogen) atoms. The summed E-state index contributed by atoms with van der Waals surface area (Å²) in [4.78, 5) is 24.5. The van der Waals surface area contributed by atoms with E-state index in [1.54, 1.807) is 6.07 Å². The highest BCUT2D eigenvalue weighted by Crippen LogP contribution is 2.28. The van der Waals surface area contributed by atoms with Crippen LogP contribution in [0, 0.1) is 6.92 Å². The zero-order valence-corrected chi connectivity index (χ0v) is 11.7. The quantitative estimate of drug-likeness (QED) is 0.876. The van der Waals surface area contributed by atoms with Crippen molar-refractivity contribution < 1.29 is 9.59 Å². The molecule has 1 aliphatic rings. The van der Waals surface area contributed by atoms with E-state index in [2.05, 4.69) is 5.32 Å². The van der Waals surface area contributed by atoms with Gasteiger partial charge in [-0.15, -0.1) is 0 Å². The minimum Gasteiger partial charge on any atom is -0.319 e. The highest BCUT2D eigenvalue weighted by Gasteiger charge is 2.25. The number of benzene rings is 2. The standard InChI is InChI=1S/C18H15NO2/c1-12-6-2-5-9-16(12)19-18(21)17(20)15-11-10-13-7-3-4-8-14(13)15/h2-9,11H,10H2,1H3,(H,19,21). The molecule has 104 valence electrons. The third-order valence-electron chi connectivity index (χ3n) is 3.68. The lowest BCUT2D eigenvalue weighted by Gasteiger charge is -2.08. The molecule has 1 amide bonds. The molecule has 0 bridgehead atoms. The van der Waals surface area contributed by atoms with E-state index in [0.29, 0.717) is 17.7 Å². The van der Waals surface area contributed by atoms with Gasteiger partial charge < -0.3 is 5.32 Å². The number of ketones is 1. The number of nitrogens with one attached hydrogen (secondary N) is 1. The summed E-state index contributed by atoms with van der Waals surface area (Å²) < 4.78 is 0. The van der Waals surface area contributed by atoms with Crippen LogP contribution in [0.2, 0.25) is 0 Å². The van der Waals surface area contributed by atoms with E-state index in [0.717, 1.165) is 16.7 Å². The van der Waals surface area contributed by atoms with Crippen molar-refractivity contribution in [3.63, 3.8) is 0 Å². The second-order valence-corrected chi connectivity index (χ2v) is 5.08. The molecule has 0 aromatic heterocycles. The first-order chi connectivity index (χ1) is 10.2. The molecule has 0 fully saturated rings. The number of allylic oxidation sites excluding steroid dienone is 1. The molecule has 1 aliphatic carbocycles. The van der Waals surface area contributed by atoms with Crippen LogP contribution >= 0.6 is 0 Å². The van der Waals surface area contributed by atoms with E-state index < -0.39 is 11.7 Å². The van der Waals surface area contributed by atoms with E-state index >= 15 is 0 Å². The number of Topliss-reactive ketones (excluding diaryl/α,β-unsaturated/α-hetero) is 1. The molecule has 0 aliphatic heterocycles. The monoisotopic (exact) mass is 277 g/mol. The van der Waals surface area contributed by atoms with Crippen LogP contribution in [0.5, 0.6) is 0 Å². The molecule has 3 heteroatoms.